The molecule has 1 aromatic rings. The summed E-state index contributed by atoms with van der Waals surface area (Å²) in [5.74, 6) is 0.796. The molecule has 5 nitrogen and oxygen atoms in total. The van der Waals surface area contributed by atoms with Crippen molar-refractivity contribution in [3.05, 3.63) is 33.8 Å². The van der Waals surface area contributed by atoms with Gasteiger partial charge in [0.25, 0.3) is 0 Å². The number of aliphatic hydroxyl groups excluding tert-OH is 1. The average molecular weight is 366 g/mol. The Balaban J connectivity index is 1.98. The second-order valence-electron chi connectivity index (χ2n) is 6.19. The van der Waals surface area contributed by atoms with Crippen LogP contribution in [-0.4, -0.2) is 34.7 Å². The van der Waals surface area contributed by atoms with Gasteiger partial charge in [-0.15, -0.1) is 0 Å². The van der Waals surface area contributed by atoms with Gasteiger partial charge in [-0.1, -0.05) is 6.08 Å². The molecule has 3 N–H and O–H groups in total. The zero-order valence-electron chi connectivity index (χ0n) is 11.8. The summed E-state index contributed by atoms with van der Waals surface area (Å²) in [6.07, 6.45) is 4.24. The molecule has 0 amide bonds. The molecule has 1 aromatic carbocycles. The van der Waals surface area contributed by atoms with Crippen LogP contribution in [0.2, 0.25) is 0 Å². The number of rotatable bonds is 1. The molecule has 2 heterocycles. The third-order valence-electron chi connectivity index (χ3n) is 4.92. The van der Waals surface area contributed by atoms with E-state index >= 15 is 0 Å². The zero-order chi connectivity index (χ0) is 15.5. The van der Waals surface area contributed by atoms with E-state index in [1.165, 1.54) is 0 Å². The molecular weight excluding hydrogens is 350 g/mol. The zero-order valence-corrected chi connectivity index (χ0v) is 13.4. The van der Waals surface area contributed by atoms with E-state index in [1.54, 1.807) is 12.1 Å². The highest BCUT2D eigenvalue weighted by atomic mass is 79.9. The predicted octanol–water partition coefficient (Wildman–Crippen LogP) is 1.54. The van der Waals surface area contributed by atoms with Gasteiger partial charge in [-0.2, -0.15) is 0 Å². The first-order valence-electron chi connectivity index (χ1n) is 7.33. The Morgan fingerprint density at radius 1 is 1.50 bits per heavy atom. The van der Waals surface area contributed by atoms with E-state index in [4.69, 9.17) is 4.74 Å². The molecular formula is C16H16BrNO4. The Morgan fingerprint density at radius 2 is 2.32 bits per heavy atom. The fourth-order valence-corrected chi connectivity index (χ4v) is 4.32. The summed E-state index contributed by atoms with van der Waals surface area (Å²) in [5, 5.41) is 23.0. The van der Waals surface area contributed by atoms with Gasteiger partial charge in [0.15, 0.2) is 5.78 Å². The van der Waals surface area contributed by atoms with Crippen molar-refractivity contribution >= 4 is 21.7 Å². The number of halogens is 1. The number of aromatic hydroxyl groups is 1. The lowest BCUT2D eigenvalue weighted by Crippen LogP contribution is -2.45. The fraction of sp³-hybridized carbons (Fsp3) is 0.438. The summed E-state index contributed by atoms with van der Waals surface area (Å²) in [6, 6.07) is 1.65. The van der Waals surface area contributed by atoms with Crippen molar-refractivity contribution in [3.8, 4) is 11.5 Å². The first kappa shape index (κ1) is 14.2. The lowest BCUT2D eigenvalue weighted by atomic mass is 9.68. The van der Waals surface area contributed by atoms with Gasteiger partial charge in [0.05, 0.1) is 12.0 Å². The molecule has 0 fully saturated rings. The molecule has 0 saturated heterocycles. The number of ether oxygens (including phenoxy) is 1. The van der Waals surface area contributed by atoms with Gasteiger partial charge in [0, 0.05) is 24.6 Å². The SMILES string of the molecule is O=C1C=C[C@@]23C[C@@H](CO)NCc4cc(O)c(Br)c(c42)O[C@@H]3C1. The van der Waals surface area contributed by atoms with E-state index in [0.717, 1.165) is 11.1 Å². The summed E-state index contributed by atoms with van der Waals surface area (Å²) >= 11 is 3.40. The molecule has 3 atom stereocenters. The van der Waals surface area contributed by atoms with Crippen LogP contribution in [0.4, 0.5) is 0 Å². The largest absolute Gasteiger partial charge is 0.507 e. The molecule has 0 unspecified atom stereocenters. The van der Waals surface area contributed by atoms with Crippen molar-refractivity contribution in [1.29, 1.82) is 0 Å². The van der Waals surface area contributed by atoms with Crippen LogP contribution >= 0.6 is 15.9 Å². The van der Waals surface area contributed by atoms with E-state index in [1.807, 2.05) is 6.08 Å². The third-order valence-corrected chi connectivity index (χ3v) is 5.69. The molecule has 116 valence electrons. The number of carbonyl (C=O) groups excluding carboxylic acids is 1. The second-order valence-corrected chi connectivity index (χ2v) is 6.98. The van der Waals surface area contributed by atoms with Crippen molar-refractivity contribution in [2.75, 3.05) is 6.61 Å². The molecule has 0 radical (unpaired) electrons. The summed E-state index contributed by atoms with van der Waals surface area (Å²) < 4.78 is 6.60. The van der Waals surface area contributed by atoms with Crippen LogP contribution in [0.15, 0.2) is 22.7 Å². The molecule has 0 saturated carbocycles. The Kier molecular flexibility index (Phi) is 3.11. The Morgan fingerprint density at radius 3 is 3.09 bits per heavy atom. The number of carbonyl (C=O) groups is 1. The van der Waals surface area contributed by atoms with Gasteiger partial charge in [0.2, 0.25) is 0 Å². The average Bonchev–Trinajstić information content (AvgIpc) is 2.73. The first-order valence-corrected chi connectivity index (χ1v) is 8.12. The maximum atomic E-state index is 11.8. The number of phenolic OH excluding ortho intramolecular Hbond substituents is 1. The number of allylic oxidation sites excluding steroid dienone is 1. The van der Waals surface area contributed by atoms with E-state index in [-0.39, 0.29) is 30.3 Å². The van der Waals surface area contributed by atoms with Crippen LogP contribution in [-0.2, 0) is 16.8 Å². The molecule has 2 aliphatic heterocycles. The van der Waals surface area contributed by atoms with E-state index in [2.05, 4.69) is 21.2 Å². The number of phenols is 1. The number of hydrogen-bond donors (Lipinski definition) is 3. The smallest absolute Gasteiger partial charge is 0.159 e. The second kappa shape index (κ2) is 4.81. The van der Waals surface area contributed by atoms with E-state index < -0.39 is 5.41 Å². The van der Waals surface area contributed by atoms with Crippen molar-refractivity contribution < 1.29 is 19.7 Å². The lowest BCUT2D eigenvalue weighted by Gasteiger charge is -2.35. The maximum Gasteiger partial charge on any atom is 0.159 e. The van der Waals surface area contributed by atoms with Crippen LogP contribution < -0.4 is 10.1 Å². The number of hydrogen-bond acceptors (Lipinski definition) is 5. The van der Waals surface area contributed by atoms with Gasteiger partial charge in [-0.25, -0.2) is 0 Å². The van der Waals surface area contributed by atoms with Gasteiger partial charge in [-0.05, 0) is 40.1 Å². The normalized spacial score (nSPS) is 32.2. The lowest BCUT2D eigenvalue weighted by molar-refractivity contribution is -0.117. The maximum absolute atomic E-state index is 11.8. The highest BCUT2D eigenvalue weighted by Gasteiger charge is 2.53. The molecule has 1 aliphatic carbocycles. The summed E-state index contributed by atoms with van der Waals surface area (Å²) in [6.45, 7) is 0.570. The van der Waals surface area contributed by atoms with Crippen molar-refractivity contribution in [3.63, 3.8) is 0 Å². The van der Waals surface area contributed by atoms with Gasteiger partial charge in [-0.3, -0.25) is 4.79 Å². The van der Waals surface area contributed by atoms with Crippen LogP contribution in [0.1, 0.15) is 24.0 Å². The highest BCUT2D eigenvalue weighted by molar-refractivity contribution is 9.10. The molecule has 0 bridgehead atoms. The number of benzene rings is 1. The topological polar surface area (TPSA) is 78.8 Å². The minimum atomic E-state index is -0.425. The number of nitrogens with one attached hydrogen (secondary N) is 1. The molecule has 0 aromatic heterocycles. The fourth-order valence-electron chi connectivity index (χ4n) is 3.91. The van der Waals surface area contributed by atoms with Crippen LogP contribution in [0, 0.1) is 0 Å². The van der Waals surface area contributed by atoms with Gasteiger partial charge >= 0.3 is 0 Å². The third kappa shape index (κ3) is 1.81. The molecule has 1 spiro atoms. The van der Waals surface area contributed by atoms with E-state index in [0.29, 0.717) is 29.6 Å². The van der Waals surface area contributed by atoms with Gasteiger partial charge < -0.3 is 20.3 Å². The van der Waals surface area contributed by atoms with Crippen molar-refractivity contribution in [2.45, 2.75) is 36.9 Å². The van der Waals surface area contributed by atoms with Gasteiger partial charge in [0.1, 0.15) is 22.1 Å². The standard InChI is InChI=1S/C16H16BrNO4/c17-14-11(21)3-8-6-18-9(7-19)5-16-2-1-10(20)4-12(16)22-15(14)13(8)16/h1-3,9,12,18-19,21H,4-7H2/t9-,12+,16-/m0/s1. The number of ketones is 1. The molecule has 6 heteroatoms. The van der Waals surface area contributed by atoms with E-state index in [9.17, 15) is 15.0 Å². The Labute approximate surface area is 136 Å². The quantitative estimate of drug-likeness (QED) is 0.703. The molecule has 3 aliphatic rings. The van der Waals surface area contributed by atoms with Crippen LogP contribution in [0.3, 0.4) is 0 Å². The summed E-state index contributed by atoms with van der Waals surface area (Å²) in [7, 11) is 0. The Hall–Kier alpha value is -1.37. The minimum Gasteiger partial charge on any atom is -0.507 e. The summed E-state index contributed by atoms with van der Waals surface area (Å²) in [5.41, 5.74) is 1.55. The predicted molar refractivity (Wildman–Crippen MR) is 83.0 cm³/mol. The van der Waals surface area contributed by atoms with Crippen LogP contribution in [0.5, 0.6) is 11.5 Å². The Bertz CT molecular complexity index is 702. The highest BCUT2D eigenvalue weighted by Crippen LogP contribution is 2.56. The van der Waals surface area contributed by atoms with Crippen molar-refractivity contribution in [1.82, 2.24) is 5.32 Å². The van der Waals surface area contributed by atoms with Crippen molar-refractivity contribution in [2.24, 2.45) is 0 Å². The first-order chi connectivity index (χ1) is 10.5. The molecule has 22 heavy (non-hydrogen) atoms. The van der Waals surface area contributed by atoms with Crippen LogP contribution in [0.25, 0.3) is 0 Å². The summed E-state index contributed by atoms with van der Waals surface area (Å²) in [4.78, 5) is 11.8. The molecule has 4 rings (SSSR count). The monoisotopic (exact) mass is 365 g/mol. The number of aliphatic hydroxyl groups is 1. The minimum absolute atomic E-state index is 0.0206.